The lowest BCUT2D eigenvalue weighted by Gasteiger charge is -2.09. The molecule has 0 fully saturated rings. The van der Waals surface area contributed by atoms with Crippen molar-refractivity contribution in [3.8, 4) is 0 Å². The van der Waals surface area contributed by atoms with E-state index < -0.39 is 11.7 Å². The number of anilines is 1. The molecule has 0 aliphatic carbocycles. The van der Waals surface area contributed by atoms with Gasteiger partial charge in [-0.3, -0.25) is 4.79 Å². The van der Waals surface area contributed by atoms with Gasteiger partial charge < -0.3 is 5.32 Å². The van der Waals surface area contributed by atoms with Gasteiger partial charge in [0.15, 0.2) is 0 Å². The predicted molar refractivity (Wildman–Crippen MR) is 84.6 cm³/mol. The molecule has 0 bridgehead atoms. The Kier molecular flexibility index (Phi) is 5.34. The van der Waals surface area contributed by atoms with Crippen molar-refractivity contribution in [3.05, 3.63) is 65.0 Å². The summed E-state index contributed by atoms with van der Waals surface area (Å²) in [4.78, 5) is 12.1. The van der Waals surface area contributed by atoms with Gasteiger partial charge in [0.2, 0.25) is 0 Å². The number of carbonyl (C=O) groups is 1. The molecule has 4 heteroatoms. The number of halogens is 2. The molecule has 0 aliphatic rings. The van der Waals surface area contributed by atoms with Crippen LogP contribution in [0.4, 0.5) is 10.1 Å². The Morgan fingerprint density at radius 1 is 1.24 bits per heavy atom. The molecule has 0 unspecified atom stereocenters. The molecule has 0 aromatic heterocycles. The summed E-state index contributed by atoms with van der Waals surface area (Å²) in [5, 5.41) is 2.73. The summed E-state index contributed by atoms with van der Waals surface area (Å²) in [5.74, 6) is -0.315. The van der Waals surface area contributed by atoms with Crippen LogP contribution >= 0.6 is 11.6 Å². The zero-order chi connectivity index (χ0) is 15.2. The van der Waals surface area contributed by atoms with Gasteiger partial charge in [0.1, 0.15) is 5.82 Å². The zero-order valence-corrected chi connectivity index (χ0v) is 12.6. The van der Waals surface area contributed by atoms with Crippen molar-refractivity contribution in [1.82, 2.24) is 0 Å². The molecule has 2 aromatic rings. The van der Waals surface area contributed by atoms with Gasteiger partial charge in [0.05, 0.1) is 5.56 Å². The second-order valence-corrected chi connectivity index (χ2v) is 5.26. The summed E-state index contributed by atoms with van der Waals surface area (Å²) in [6, 6.07) is 12.3. The standard InChI is InChI=1S/C17H17ClFNO/c1-12-5-2-9-15(16(12)19)17(21)20-14-8-3-6-13(11-14)7-4-10-18/h2-3,5-6,8-9,11H,4,7,10H2,1H3,(H,20,21). The lowest BCUT2D eigenvalue weighted by atomic mass is 10.1. The van der Waals surface area contributed by atoms with Crippen LogP contribution in [0.2, 0.25) is 0 Å². The van der Waals surface area contributed by atoms with Crippen LogP contribution in [0.1, 0.15) is 27.9 Å². The highest BCUT2D eigenvalue weighted by Crippen LogP contribution is 2.16. The molecular formula is C17H17ClFNO. The molecule has 0 spiro atoms. The number of carbonyl (C=O) groups excluding carboxylic acids is 1. The highest BCUT2D eigenvalue weighted by Gasteiger charge is 2.13. The monoisotopic (exact) mass is 305 g/mol. The summed E-state index contributed by atoms with van der Waals surface area (Å²) >= 11 is 5.68. The van der Waals surface area contributed by atoms with E-state index in [1.807, 2.05) is 18.2 Å². The van der Waals surface area contributed by atoms with Gasteiger partial charge in [0.25, 0.3) is 5.91 Å². The van der Waals surface area contributed by atoms with Gasteiger partial charge in [-0.1, -0.05) is 24.3 Å². The maximum absolute atomic E-state index is 13.9. The largest absolute Gasteiger partial charge is 0.322 e. The molecule has 0 saturated carbocycles. The van der Waals surface area contributed by atoms with Gasteiger partial charge >= 0.3 is 0 Å². The van der Waals surface area contributed by atoms with Gasteiger partial charge in [-0.25, -0.2) is 4.39 Å². The topological polar surface area (TPSA) is 29.1 Å². The van der Waals surface area contributed by atoms with E-state index in [9.17, 15) is 9.18 Å². The first-order valence-electron chi connectivity index (χ1n) is 6.83. The fourth-order valence-electron chi connectivity index (χ4n) is 2.10. The van der Waals surface area contributed by atoms with Crippen molar-refractivity contribution in [2.45, 2.75) is 19.8 Å². The van der Waals surface area contributed by atoms with Gasteiger partial charge in [-0.05, 0) is 49.1 Å². The minimum Gasteiger partial charge on any atom is -0.322 e. The number of amides is 1. The number of rotatable bonds is 5. The van der Waals surface area contributed by atoms with Crippen LogP contribution in [-0.4, -0.2) is 11.8 Å². The normalized spacial score (nSPS) is 10.4. The summed E-state index contributed by atoms with van der Waals surface area (Å²) in [6.45, 7) is 1.64. The van der Waals surface area contributed by atoms with Crippen LogP contribution in [-0.2, 0) is 6.42 Å². The van der Waals surface area contributed by atoms with Crippen molar-refractivity contribution in [2.24, 2.45) is 0 Å². The zero-order valence-electron chi connectivity index (χ0n) is 11.8. The fourth-order valence-corrected chi connectivity index (χ4v) is 2.23. The number of alkyl halides is 1. The molecule has 110 valence electrons. The smallest absolute Gasteiger partial charge is 0.258 e. The van der Waals surface area contributed by atoms with E-state index >= 15 is 0 Å². The Bertz CT molecular complexity index is 642. The highest BCUT2D eigenvalue weighted by atomic mass is 35.5. The quantitative estimate of drug-likeness (QED) is 0.806. The summed E-state index contributed by atoms with van der Waals surface area (Å²) in [7, 11) is 0. The Labute approximate surface area is 128 Å². The molecule has 0 atom stereocenters. The van der Waals surface area contributed by atoms with E-state index in [1.165, 1.54) is 6.07 Å². The lowest BCUT2D eigenvalue weighted by molar-refractivity contribution is 0.102. The lowest BCUT2D eigenvalue weighted by Crippen LogP contribution is -2.14. The fraction of sp³-hybridized carbons (Fsp3) is 0.235. The van der Waals surface area contributed by atoms with E-state index in [-0.39, 0.29) is 5.56 Å². The van der Waals surface area contributed by atoms with E-state index in [4.69, 9.17) is 11.6 Å². The summed E-state index contributed by atoms with van der Waals surface area (Å²) in [6.07, 6.45) is 1.73. The third-order valence-electron chi connectivity index (χ3n) is 3.22. The molecule has 2 rings (SSSR count). The second kappa shape index (κ2) is 7.23. The predicted octanol–water partition coefficient (Wildman–Crippen LogP) is 4.56. The van der Waals surface area contributed by atoms with E-state index in [0.717, 1.165) is 18.4 Å². The minimum atomic E-state index is -0.478. The number of benzene rings is 2. The SMILES string of the molecule is Cc1cccc(C(=O)Nc2cccc(CCCCl)c2)c1F. The Morgan fingerprint density at radius 2 is 2.00 bits per heavy atom. The number of aryl methyl sites for hydroxylation is 2. The molecular weight excluding hydrogens is 289 g/mol. The summed E-state index contributed by atoms with van der Waals surface area (Å²) < 4.78 is 13.9. The van der Waals surface area contributed by atoms with Gasteiger partial charge in [0, 0.05) is 11.6 Å². The maximum Gasteiger partial charge on any atom is 0.258 e. The van der Waals surface area contributed by atoms with Crippen LogP contribution in [0.5, 0.6) is 0 Å². The molecule has 2 nitrogen and oxygen atoms in total. The Balaban J connectivity index is 2.14. The van der Waals surface area contributed by atoms with E-state index in [2.05, 4.69) is 5.32 Å². The average Bonchev–Trinajstić information content (AvgIpc) is 2.48. The van der Waals surface area contributed by atoms with Gasteiger partial charge in [-0.2, -0.15) is 0 Å². The van der Waals surface area contributed by atoms with Crippen LogP contribution in [0.15, 0.2) is 42.5 Å². The molecule has 0 radical (unpaired) electrons. The van der Waals surface area contributed by atoms with Crippen molar-refractivity contribution in [1.29, 1.82) is 0 Å². The number of hydrogen-bond acceptors (Lipinski definition) is 1. The maximum atomic E-state index is 13.9. The van der Waals surface area contributed by atoms with Crippen molar-refractivity contribution < 1.29 is 9.18 Å². The Hall–Kier alpha value is -1.87. The van der Waals surface area contributed by atoms with Crippen molar-refractivity contribution in [2.75, 3.05) is 11.2 Å². The average molecular weight is 306 g/mol. The number of hydrogen-bond donors (Lipinski definition) is 1. The van der Waals surface area contributed by atoms with Gasteiger partial charge in [-0.15, -0.1) is 11.6 Å². The van der Waals surface area contributed by atoms with E-state index in [0.29, 0.717) is 17.1 Å². The first kappa shape index (κ1) is 15.5. The summed E-state index contributed by atoms with van der Waals surface area (Å²) in [5.41, 5.74) is 2.27. The molecule has 21 heavy (non-hydrogen) atoms. The molecule has 1 amide bonds. The Morgan fingerprint density at radius 3 is 2.76 bits per heavy atom. The first-order valence-corrected chi connectivity index (χ1v) is 7.36. The minimum absolute atomic E-state index is 0.0566. The molecule has 0 aliphatic heterocycles. The third-order valence-corrected chi connectivity index (χ3v) is 3.49. The van der Waals surface area contributed by atoms with Crippen LogP contribution in [0.3, 0.4) is 0 Å². The van der Waals surface area contributed by atoms with Crippen molar-refractivity contribution in [3.63, 3.8) is 0 Å². The third kappa shape index (κ3) is 4.05. The second-order valence-electron chi connectivity index (χ2n) is 4.88. The highest BCUT2D eigenvalue weighted by molar-refractivity contribution is 6.17. The molecule has 0 heterocycles. The van der Waals surface area contributed by atoms with Crippen molar-refractivity contribution >= 4 is 23.2 Å². The molecule has 1 N–H and O–H groups in total. The van der Waals surface area contributed by atoms with Crippen LogP contribution in [0.25, 0.3) is 0 Å². The molecule has 2 aromatic carbocycles. The van der Waals surface area contributed by atoms with Crippen LogP contribution in [0, 0.1) is 12.7 Å². The first-order chi connectivity index (χ1) is 10.1. The van der Waals surface area contributed by atoms with Crippen LogP contribution < -0.4 is 5.32 Å². The molecule has 0 saturated heterocycles. The number of nitrogens with one attached hydrogen (secondary N) is 1. The van der Waals surface area contributed by atoms with E-state index in [1.54, 1.807) is 25.1 Å².